The van der Waals surface area contributed by atoms with Crippen LogP contribution in [-0.4, -0.2) is 77.3 Å². The van der Waals surface area contributed by atoms with E-state index >= 15 is 0 Å². The van der Waals surface area contributed by atoms with Gasteiger partial charge in [-0.25, -0.2) is 19.9 Å². The molecule has 1 aromatic carbocycles. The number of H-pyrrole nitrogens is 1. The van der Waals surface area contributed by atoms with Crippen LogP contribution in [0.1, 0.15) is 25.0 Å². The highest BCUT2D eigenvalue weighted by molar-refractivity contribution is 6.05. The zero-order valence-corrected chi connectivity index (χ0v) is 24.0. The number of ether oxygens (including phenoxy) is 1. The van der Waals surface area contributed by atoms with Gasteiger partial charge in [-0.2, -0.15) is 5.10 Å². The van der Waals surface area contributed by atoms with Crippen molar-refractivity contribution in [3.8, 4) is 17.1 Å². The van der Waals surface area contributed by atoms with E-state index in [4.69, 9.17) is 9.72 Å². The predicted octanol–water partition coefficient (Wildman–Crippen LogP) is 3.87. The molecule has 1 aliphatic heterocycles. The van der Waals surface area contributed by atoms with Crippen LogP contribution in [-0.2, 0) is 11.8 Å². The van der Waals surface area contributed by atoms with Crippen LogP contribution >= 0.6 is 0 Å². The van der Waals surface area contributed by atoms with Crippen molar-refractivity contribution in [2.45, 2.75) is 38.3 Å². The molecule has 220 valence electrons. The number of para-hydroxylation sites is 1. The average molecular weight is 580 g/mol. The number of benzene rings is 1. The molecule has 1 amide bonds. The van der Waals surface area contributed by atoms with Crippen LogP contribution in [0.15, 0.2) is 55.1 Å². The van der Waals surface area contributed by atoms with Crippen molar-refractivity contribution in [3.63, 3.8) is 0 Å². The molecule has 5 aromatic rings. The first-order valence-corrected chi connectivity index (χ1v) is 14.5. The molecule has 2 fully saturated rings. The van der Waals surface area contributed by atoms with E-state index < -0.39 is 0 Å². The van der Waals surface area contributed by atoms with Crippen LogP contribution in [0.3, 0.4) is 0 Å². The van der Waals surface area contributed by atoms with Crippen molar-refractivity contribution in [2.75, 3.05) is 35.6 Å². The summed E-state index contributed by atoms with van der Waals surface area (Å²) in [6, 6.07) is 12.0. The molecule has 1 aliphatic carbocycles. The monoisotopic (exact) mass is 579 g/mol. The molecule has 5 heterocycles. The number of nitrogens with zero attached hydrogens (tertiary/aromatic N) is 7. The lowest BCUT2D eigenvalue weighted by atomic mass is 10.1. The number of amides is 1. The van der Waals surface area contributed by atoms with E-state index in [9.17, 15) is 4.79 Å². The Labute approximate surface area is 248 Å². The number of nitrogens with one attached hydrogen (secondary N) is 4. The zero-order chi connectivity index (χ0) is 29.3. The predicted molar refractivity (Wildman–Crippen MR) is 163 cm³/mol. The minimum Gasteiger partial charge on any atom is -0.473 e. The summed E-state index contributed by atoms with van der Waals surface area (Å²) in [5, 5.41) is 15.0. The molecule has 1 unspecified atom stereocenters. The second-order valence-corrected chi connectivity index (χ2v) is 11.1. The molecule has 0 spiro atoms. The summed E-state index contributed by atoms with van der Waals surface area (Å²) >= 11 is 0. The first kappa shape index (κ1) is 26.8. The minimum atomic E-state index is -0.0820. The summed E-state index contributed by atoms with van der Waals surface area (Å²) in [4.78, 5) is 36.1. The molecule has 43 heavy (non-hydrogen) atoms. The van der Waals surface area contributed by atoms with E-state index in [1.54, 1.807) is 10.9 Å². The summed E-state index contributed by atoms with van der Waals surface area (Å²) in [6.45, 7) is 3.69. The molecule has 13 nitrogen and oxygen atoms in total. The standard InChI is InChI=1S/C30H33N11O2/c1-18-12-26(39-40(18)2)38-30-31-10-8-23(37-30)22-14-32-29-21(22)4-3-5-24(29)36-27(42)16-41-11-9-20(15-41)43-28-13-25(33-17-34-28)35-19-6-7-19/h3-5,8,10,12-14,17,19-20,32H,6-7,9,11,15-16H2,1-2H3,(H,36,42)(H,33,34,35)(H,31,37,38,39). The number of carbonyl (C=O) groups excluding carboxylic acids is 1. The fourth-order valence-corrected chi connectivity index (χ4v) is 5.30. The van der Waals surface area contributed by atoms with Gasteiger partial charge in [0.15, 0.2) is 5.82 Å². The lowest BCUT2D eigenvalue weighted by Crippen LogP contribution is -2.33. The molecule has 0 radical (unpaired) electrons. The molecule has 4 N–H and O–H groups in total. The van der Waals surface area contributed by atoms with Crippen LogP contribution < -0.4 is 20.7 Å². The number of aryl methyl sites for hydroxylation is 2. The molecule has 7 rings (SSSR count). The van der Waals surface area contributed by atoms with Crippen molar-refractivity contribution in [3.05, 3.63) is 60.8 Å². The van der Waals surface area contributed by atoms with Crippen molar-refractivity contribution < 1.29 is 9.53 Å². The van der Waals surface area contributed by atoms with Gasteiger partial charge in [-0.05, 0) is 38.3 Å². The van der Waals surface area contributed by atoms with Gasteiger partial charge >= 0.3 is 0 Å². The second kappa shape index (κ2) is 11.3. The third-order valence-corrected chi connectivity index (χ3v) is 7.73. The van der Waals surface area contributed by atoms with Gasteiger partial charge in [0.1, 0.15) is 18.2 Å². The zero-order valence-electron chi connectivity index (χ0n) is 24.0. The molecule has 13 heteroatoms. The SMILES string of the molecule is Cc1cc(Nc2nccc(-c3c[nH]c4c(NC(=O)CN5CCC(Oc6cc(NC7CC7)ncn6)C5)cccc34)n2)nn1C. The second-order valence-electron chi connectivity index (χ2n) is 11.1. The molecular formula is C30H33N11O2. The van der Waals surface area contributed by atoms with Crippen LogP contribution in [0.2, 0.25) is 0 Å². The normalized spacial score (nSPS) is 16.8. The fraction of sp³-hybridized carbons (Fsp3) is 0.333. The van der Waals surface area contributed by atoms with Gasteiger partial charge in [0.2, 0.25) is 17.7 Å². The maximum atomic E-state index is 13.1. The number of anilines is 4. The Bertz CT molecular complexity index is 1760. The highest BCUT2D eigenvalue weighted by Gasteiger charge is 2.27. The average Bonchev–Trinajstić information content (AvgIpc) is 3.36. The van der Waals surface area contributed by atoms with Crippen molar-refractivity contribution >= 4 is 40.1 Å². The van der Waals surface area contributed by atoms with Crippen LogP contribution in [0, 0.1) is 6.92 Å². The fourth-order valence-electron chi connectivity index (χ4n) is 5.30. The molecular weight excluding hydrogens is 546 g/mol. The van der Waals surface area contributed by atoms with E-state index in [0.29, 0.717) is 35.9 Å². The van der Waals surface area contributed by atoms with E-state index in [1.165, 1.54) is 19.2 Å². The molecule has 1 saturated heterocycles. The largest absolute Gasteiger partial charge is 0.473 e. The van der Waals surface area contributed by atoms with Crippen molar-refractivity contribution in [2.24, 2.45) is 7.05 Å². The first-order chi connectivity index (χ1) is 21.0. The smallest absolute Gasteiger partial charge is 0.238 e. The Morgan fingerprint density at radius 3 is 2.86 bits per heavy atom. The van der Waals surface area contributed by atoms with Crippen molar-refractivity contribution in [1.29, 1.82) is 0 Å². The molecule has 0 bridgehead atoms. The van der Waals surface area contributed by atoms with E-state index in [2.05, 4.69) is 45.9 Å². The maximum Gasteiger partial charge on any atom is 0.238 e. The number of aromatic nitrogens is 7. The van der Waals surface area contributed by atoms with E-state index in [0.717, 1.165) is 46.6 Å². The minimum absolute atomic E-state index is 0.0280. The maximum absolute atomic E-state index is 13.1. The number of fused-ring (bicyclic) bond motifs is 1. The number of carbonyl (C=O) groups is 1. The topological polar surface area (TPSA) is 151 Å². The van der Waals surface area contributed by atoms with E-state index in [-0.39, 0.29) is 18.6 Å². The molecule has 1 atom stereocenters. The number of hydrogen-bond donors (Lipinski definition) is 4. The van der Waals surface area contributed by atoms with Gasteiger partial charge in [-0.1, -0.05) is 12.1 Å². The third-order valence-electron chi connectivity index (χ3n) is 7.73. The Balaban J connectivity index is 0.983. The first-order valence-electron chi connectivity index (χ1n) is 14.5. The Kier molecular flexibility index (Phi) is 7.07. The molecule has 1 saturated carbocycles. The van der Waals surface area contributed by atoms with Gasteiger partial charge < -0.3 is 25.7 Å². The van der Waals surface area contributed by atoms with Gasteiger partial charge in [0, 0.05) is 67.3 Å². The summed E-state index contributed by atoms with van der Waals surface area (Å²) in [7, 11) is 1.89. The van der Waals surface area contributed by atoms with Gasteiger partial charge in [0.25, 0.3) is 0 Å². The number of hydrogen-bond acceptors (Lipinski definition) is 10. The van der Waals surface area contributed by atoms with Crippen LogP contribution in [0.25, 0.3) is 22.2 Å². The highest BCUT2D eigenvalue weighted by atomic mass is 16.5. The summed E-state index contributed by atoms with van der Waals surface area (Å²) in [6.07, 6.45) is 8.29. The number of rotatable bonds is 10. The lowest BCUT2D eigenvalue weighted by molar-refractivity contribution is -0.117. The van der Waals surface area contributed by atoms with E-state index in [1.807, 2.05) is 56.6 Å². The quantitative estimate of drug-likeness (QED) is 0.192. The lowest BCUT2D eigenvalue weighted by Gasteiger charge is -2.16. The molecule has 2 aliphatic rings. The van der Waals surface area contributed by atoms with Gasteiger partial charge in [-0.15, -0.1) is 0 Å². The Hall–Kier alpha value is -5.04. The van der Waals surface area contributed by atoms with Crippen LogP contribution in [0.5, 0.6) is 5.88 Å². The third kappa shape index (κ3) is 6.11. The Morgan fingerprint density at radius 1 is 1.12 bits per heavy atom. The van der Waals surface area contributed by atoms with Crippen molar-refractivity contribution in [1.82, 2.24) is 39.6 Å². The Morgan fingerprint density at radius 2 is 2.02 bits per heavy atom. The van der Waals surface area contributed by atoms with Crippen LogP contribution in [0.4, 0.5) is 23.3 Å². The van der Waals surface area contributed by atoms with Gasteiger partial charge in [0.05, 0.1) is 23.4 Å². The number of aromatic amines is 1. The number of likely N-dealkylation sites (tertiary alicyclic amines) is 1. The summed E-state index contributed by atoms with van der Waals surface area (Å²) in [5.74, 6) is 2.40. The highest BCUT2D eigenvalue weighted by Crippen LogP contribution is 2.32. The summed E-state index contributed by atoms with van der Waals surface area (Å²) in [5.41, 5.74) is 4.24. The molecule has 4 aromatic heterocycles. The summed E-state index contributed by atoms with van der Waals surface area (Å²) < 4.78 is 7.90. The van der Waals surface area contributed by atoms with Gasteiger partial charge in [-0.3, -0.25) is 14.4 Å².